The summed E-state index contributed by atoms with van der Waals surface area (Å²) < 4.78 is 12.8. The van der Waals surface area contributed by atoms with Gasteiger partial charge in [-0.05, 0) is 79.8 Å². The van der Waals surface area contributed by atoms with Gasteiger partial charge in [-0.1, -0.05) is 50.3 Å². The molecule has 6 fully saturated rings. The quantitative estimate of drug-likeness (QED) is 0.166. The number of aliphatic hydroxyl groups is 6. The number of allylic oxidation sites excluding steroid dienone is 4. The monoisotopic (exact) mass is 741 g/mol. The van der Waals surface area contributed by atoms with Gasteiger partial charge in [0.25, 0.3) is 0 Å². The van der Waals surface area contributed by atoms with Crippen molar-refractivity contribution in [2.24, 2.45) is 58.5 Å². The van der Waals surface area contributed by atoms with E-state index in [1.54, 1.807) is 12.2 Å². The summed E-state index contributed by atoms with van der Waals surface area (Å²) in [5, 5.41) is 70.7. The Morgan fingerprint density at radius 3 is 2.45 bits per heavy atom. The summed E-state index contributed by atoms with van der Waals surface area (Å²) in [5.74, 6) is -3.69. The van der Waals surface area contributed by atoms with Gasteiger partial charge >= 0.3 is 0 Å². The minimum atomic E-state index is -2.14. The van der Waals surface area contributed by atoms with E-state index in [4.69, 9.17) is 15.2 Å². The molecule has 6 aliphatic carbocycles. The summed E-state index contributed by atoms with van der Waals surface area (Å²) in [4.78, 5) is 28.7. The molecule has 7 unspecified atom stereocenters. The van der Waals surface area contributed by atoms with E-state index in [-0.39, 0.29) is 41.9 Å². The average Bonchev–Trinajstić information content (AvgIpc) is 3.65. The van der Waals surface area contributed by atoms with Crippen LogP contribution in [-0.2, 0) is 19.1 Å². The van der Waals surface area contributed by atoms with Gasteiger partial charge in [0, 0.05) is 31.3 Å². The minimum absolute atomic E-state index is 0.0720. The number of piperidine rings is 1. The highest BCUT2D eigenvalue weighted by Crippen LogP contribution is 2.61. The first-order chi connectivity index (χ1) is 25.5. The van der Waals surface area contributed by atoms with Crippen molar-refractivity contribution in [3.63, 3.8) is 0 Å². The van der Waals surface area contributed by atoms with Gasteiger partial charge in [0.2, 0.25) is 0 Å². The third kappa shape index (κ3) is 6.14. The van der Waals surface area contributed by atoms with Crippen LogP contribution in [-0.4, -0.2) is 104 Å². The molecule has 0 aromatic heterocycles. The summed E-state index contributed by atoms with van der Waals surface area (Å²) in [6, 6.07) is 0. The van der Waals surface area contributed by atoms with Crippen molar-refractivity contribution in [2.45, 2.75) is 132 Å². The molecule has 0 aromatic carbocycles. The van der Waals surface area contributed by atoms with E-state index in [9.17, 15) is 40.2 Å². The van der Waals surface area contributed by atoms with E-state index in [1.165, 1.54) is 0 Å². The summed E-state index contributed by atoms with van der Waals surface area (Å²) in [5.41, 5.74) is 2.96. The van der Waals surface area contributed by atoms with E-state index in [2.05, 4.69) is 5.32 Å². The van der Waals surface area contributed by atoms with Gasteiger partial charge < -0.3 is 45.4 Å². The maximum Gasteiger partial charge on any atom is 0.188 e. The third-order valence-electron chi connectivity index (χ3n) is 15.3. The Bertz CT molecular complexity index is 1510. The van der Waals surface area contributed by atoms with Crippen molar-refractivity contribution < 1.29 is 55.0 Å². The molecular weight excluding hydrogens is 680 g/mol. The smallest absolute Gasteiger partial charge is 0.188 e. The Balaban J connectivity index is 1.05. The number of rotatable bonds is 8. The normalized spacial score (nSPS) is 48.1. The molecule has 294 valence electrons. The lowest BCUT2D eigenvalue weighted by atomic mass is 9.52. The Kier molecular flexibility index (Phi) is 10.4. The Labute approximate surface area is 311 Å². The molecule has 8 rings (SSSR count). The molecule has 0 aromatic rings. The molecule has 15 atom stereocenters. The molecule has 2 saturated heterocycles. The maximum absolute atomic E-state index is 14.4. The van der Waals surface area contributed by atoms with Gasteiger partial charge in [-0.15, -0.1) is 0 Å². The lowest BCUT2D eigenvalue weighted by Crippen LogP contribution is -2.95. The first-order valence-corrected chi connectivity index (χ1v) is 20.6. The van der Waals surface area contributed by atoms with Crippen LogP contribution < -0.4 is 11.1 Å². The first kappa shape index (κ1) is 37.9. The Morgan fingerprint density at radius 1 is 0.962 bits per heavy atom. The van der Waals surface area contributed by atoms with E-state index in [0.717, 1.165) is 76.3 Å². The second-order valence-corrected chi connectivity index (χ2v) is 18.2. The first-order valence-electron chi connectivity index (χ1n) is 20.6. The number of hydrogen-bond donors (Lipinski definition) is 8. The molecule has 4 saturated carbocycles. The SMILES string of the molecule is NC1CC(C2([C@@H]3C=C[C@]4(CO)O[C@H](OC5CCCC6C(=O)[C@@H]7C=C(CC8CCCC(CO)C8)C=C(O)[C@H]7C(=O)C56)[C@H](O)[C@]3(O)[C@@H]4O)CCCC2)CC[NH2+]1. The highest BCUT2D eigenvalue weighted by atomic mass is 16.7. The van der Waals surface area contributed by atoms with Crippen molar-refractivity contribution in [1.82, 2.24) is 0 Å². The second kappa shape index (κ2) is 14.5. The van der Waals surface area contributed by atoms with Crippen LogP contribution >= 0.6 is 0 Å². The Morgan fingerprint density at radius 2 is 1.72 bits per heavy atom. The van der Waals surface area contributed by atoms with Gasteiger partial charge in [0.1, 0.15) is 41.1 Å². The van der Waals surface area contributed by atoms with Gasteiger partial charge in [0.05, 0.1) is 37.0 Å². The molecule has 2 bridgehead atoms. The highest BCUT2D eigenvalue weighted by molar-refractivity contribution is 6.02. The van der Waals surface area contributed by atoms with Crippen LogP contribution in [0.1, 0.15) is 89.9 Å². The van der Waals surface area contributed by atoms with Crippen LogP contribution in [0, 0.1) is 52.8 Å². The number of fused-ring (bicyclic) bond motifs is 4. The predicted molar refractivity (Wildman–Crippen MR) is 191 cm³/mol. The zero-order valence-corrected chi connectivity index (χ0v) is 30.8. The lowest BCUT2D eigenvalue weighted by molar-refractivity contribution is -0.700. The van der Waals surface area contributed by atoms with E-state index >= 15 is 0 Å². The number of quaternary nitrogens is 1. The van der Waals surface area contributed by atoms with Crippen molar-refractivity contribution in [2.75, 3.05) is 19.8 Å². The zero-order chi connectivity index (χ0) is 37.3. The fourth-order valence-electron chi connectivity index (χ4n) is 12.8. The molecular formula is C41H61N2O10+. The van der Waals surface area contributed by atoms with Crippen LogP contribution in [0.15, 0.2) is 35.6 Å². The number of carbonyl (C=O) groups excluding carboxylic acids is 2. The fraction of sp³-hybridized carbons (Fsp3) is 0.805. The number of aliphatic hydroxyl groups excluding tert-OH is 5. The van der Waals surface area contributed by atoms with Crippen LogP contribution in [0.3, 0.4) is 0 Å². The molecule has 0 radical (unpaired) electrons. The summed E-state index contributed by atoms with van der Waals surface area (Å²) in [7, 11) is 0. The zero-order valence-electron chi connectivity index (χ0n) is 30.8. The molecule has 12 heteroatoms. The van der Waals surface area contributed by atoms with Crippen LogP contribution in [0.5, 0.6) is 0 Å². The van der Waals surface area contributed by atoms with Gasteiger partial charge in [-0.25, -0.2) is 0 Å². The second-order valence-electron chi connectivity index (χ2n) is 18.2. The number of hydrogen-bond acceptors (Lipinski definition) is 11. The molecule has 8 aliphatic rings. The minimum Gasteiger partial charge on any atom is -0.512 e. The van der Waals surface area contributed by atoms with Crippen molar-refractivity contribution in [3.05, 3.63) is 35.6 Å². The Hall–Kier alpha value is -2.00. The maximum atomic E-state index is 14.4. The van der Waals surface area contributed by atoms with Crippen molar-refractivity contribution in [1.29, 1.82) is 0 Å². The molecule has 0 spiro atoms. The summed E-state index contributed by atoms with van der Waals surface area (Å²) >= 11 is 0. The number of nitrogens with two attached hydrogens (primary N) is 2. The van der Waals surface area contributed by atoms with Crippen LogP contribution in [0.2, 0.25) is 0 Å². The number of ether oxygens (including phenoxy) is 2. The molecule has 12 nitrogen and oxygen atoms in total. The van der Waals surface area contributed by atoms with Crippen molar-refractivity contribution >= 4 is 11.6 Å². The largest absolute Gasteiger partial charge is 0.512 e. The fourth-order valence-corrected chi connectivity index (χ4v) is 12.8. The molecule has 53 heavy (non-hydrogen) atoms. The molecule has 2 aliphatic heterocycles. The molecule has 0 amide bonds. The van der Waals surface area contributed by atoms with Gasteiger partial charge in [0.15, 0.2) is 12.1 Å². The standard InChI is InChI=1S/C41H60N2O10/c42-31-19-25(10-14-43-31)39(11-1-2-12-39)30-9-13-40(21-45)38(50)41(30,51)36(49)37(53-40)52-29-8-4-7-26-33(29)35(48)32-27(34(26)47)17-24(18-28(32)46)16-22-5-3-6-23(15-22)20-44/h9,13,17-18,22-23,25-27,29-33,36-38,43-46,49-51H,1-8,10-12,14-16,19-21,42H2/p+1/t22?,23?,25?,26?,27-,29?,30+,31?,32+,33?,36+,37+,38-,40-,41+/m1/s1. The van der Waals surface area contributed by atoms with E-state index in [1.807, 2.05) is 12.2 Å². The summed E-state index contributed by atoms with van der Waals surface area (Å²) in [6.45, 7) is 0.349. The summed E-state index contributed by atoms with van der Waals surface area (Å²) in [6.07, 6.45) is 12.5. The highest BCUT2D eigenvalue weighted by Gasteiger charge is 2.70. The predicted octanol–water partition coefficient (Wildman–Crippen LogP) is 1.29. The number of Topliss-reactive ketones (excluding diaryl/α,β-unsaturated/α-hetero) is 2. The number of ketones is 2. The van der Waals surface area contributed by atoms with Crippen molar-refractivity contribution in [3.8, 4) is 0 Å². The van der Waals surface area contributed by atoms with E-state index < -0.39 is 77.4 Å². The van der Waals surface area contributed by atoms with Crippen LogP contribution in [0.25, 0.3) is 0 Å². The van der Waals surface area contributed by atoms with Crippen LogP contribution in [0.4, 0.5) is 0 Å². The molecule has 2 heterocycles. The molecule has 10 N–H and O–H groups in total. The number of carbonyl (C=O) groups is 2. The van der Waals surface area contributed by atoms with Gasteiger partial charge in [-0.2, -0.15) is 0 Å². The average molecular weight is 742 g/mol. The lowest BCUT2D eigenvalue weighted by Gasteiger charge is -2.62. The topological polar surface area (TPSA) is 217 Å². The third-order valence-corrected chi connectivity index (χ3v) is 15.3. The van der Waals surface area contributed by atoms with E-state index in [0.29, 0.717) is 31.6 Å². The van der Waals surface area contributed by atoms with Gasteiger partial charge in [-0.3, -0.25) is 15.3 Å².